The van der Waals surface area contributed by atoms with E-state index in [1.165, 1.54) is 0 Å². The monoisotopic (exact) mass is 236 g/mol. The number of nitrogens with one attached hydrogen (secondary N) is 1. The predicted molar refractivity (Wildman–Crippen MR) is 68.9 cm³/mol. The molecule has 1 rings (SSSR count). The van der Waals surface area contributed by atoms with Crippen molar-refractivity contribution in [3.05, 3.63) is 35.9 Å². The number of hydrogen-bond donors (Lipinski definition) is 2. The molecule has 3 nitrogen and oxygen atoms in total. The lowest BCUT2D eigenvalue weighted by molar-refractivity contribution is -0.126. The van der Waals surface area contributed by atoms with E-state index >= 15 is 0 Å². The molecular weight excluding hydrogens is 220 g/mol. The summed E-state index contributed by atoms with van der Waals surface area (Å²) in [6.45, 7) is 3.93. The molecule has 1 amide bonds. The highest BCUT2D eigenvalue weighted by molar-refractivity contribution is 7.80. The van der Waals surface area contributed by atoms with E-state index in [-0.39, 0.29) is 10.9 Å². The van der Waals surface area contributed by atoms with Gasteiger partial charge in [-0.15, -0.1) is 0 Å². The number of thiocarbonyl (C=S) groups is 1. The molecule has 0 aliphatic heterocycles. The molecular formula is C12H16N2OS. The van der Waals surface area contributed by atoms with Gasteiger partial charge in [-0.1, -0.05) is 42.5 Å². The number of hydrogen-bond acceptors (Lipinski definition) is 2. The van der Waals surface area contributed by atoms with E-state index in [1.807, 2.05) is 30.3 Å². The summed E-state index contributed by atoms with van der Waals surface area (Å²) in [5, 5.41) is 2.81. The van der Waals surface area contributed by atoms with Crippen LogP contribution in [0.3, 0.4) is 0 Å². The Morgan fingerprint density at radius 3 is 2.44 bits per heavy atom. The van der Waals surface area contributed by atoms with Crippen molar-refractivity contribution in [3.63, 3.8) is 0 Å². The largest absolute Gasteiger partial charge is 0.392 e. The third-order valence-corrected chi connectivity index (χ3v) is 2.99. The third kappa shape index (κ3) is 3.03. The molecule has 0 spiro atoms. The molecule has 0 aliphatic carbocycles. The van der Waals surface area contributed by atoms with Gasteiger partial charge in [-0.25, -0.2) is 0 Å². The molecule has 0 unspecified atom stereocenters. The van der Waals surface area contributed by atoms with Crippen LogP contribution in [0.5, 0.6) is 0 Å². The highest BCUT2D eigenvalue weighted by Crippen LogP contribution is 2.15. The van der Waals surface area contributed by atoms with E-state index < -0.39 is 5.41 Å². The number of amides is 1. The number of rotatable bonds is 4. The van der Waals surface area contributed by atoms with Crippen LogP contribution in [0.25, 0.3) is 0 Å². The van der Waals surface area contributed by atoms with Crippen LogP contribution in [0.2, 0.25) is 0 Å². The molecule has 0 bridgehead atoms. The van der Waals surface area contributed by atoms with Crippen LogP contribution in [0, 0.1) is 5.41 Å². The molecule has 86 valence electrons. The molecule has 1 aromatic rings. The zero-order valence-corrected chi connectivity index (χ0v) is 10.3. The maximum atomic E-state index is 11.8. The molecule has 0 atom stereocenters. The van der Waals surface area contributed by atoms with Gasteiger partial charge in [0.15, 0.2) is 0 Å². The Morgan fingerprint density at radius 2 is 1.94 bits per heavy atom. The van der Waals surface area contributed by atoms with Crippen molar-refractivity contribution >= 4 is 23.1 Å². The summed E-state index contributed by atoms with van der Waals surface area (Å²) in [5.41, 5.74) is 5.76. The van der Waals surface area contributed by atoms with Crippen LogP contribution in [0.4, 0.5) is 0 Å². The Labute approximate surface area is 101 Å². The van der Waals surface area contributed by atoms with Crippen molar-refractivity contribution < 1.29 is 4.79 Å². The lowest BCUT2D eigenvalue weighted by Gasteiger charge is -2.21. The van der Waals surface area contributed by atoms with Gasteiger partial charge in [0.1, 0.15) is 0 Å². The molecule has 0 saturated carbocycles. The lowest BCUT2D eigenvalue weighted by atomic mass is 9.92. The highest BCUT2D eigenvalue weighted by Gasteiger charge is 2.30. The molecule has 0 saturated heterocycles. The topological polar surface area (TPSA) is 55.1 Å². The Morgan fingerprint density at radius 1 is 1.38 bits per heavy atom. The minimum atomic E-state index is -0.801. The first kappa shape index (κ1) is 12.6. The van der Waals surface area contributed by atoms with Gasteiger partial charge in [0, 0.05) is 6.54 Å². The van der Waals surface area contributed by atoms with Gasteiger partial charge >= 0.3 is 0 Å². The molecule has 0 radical (unpaired) electrons. The van der Waals surface area contributed by atoms with Crippen LogP contribution in [-0.4, -0.2) is 10.9 Å². The van der Waals surface area contributed by atoms with Crippen molar-refractivity contribution in [3.8, 4) is 0 Å². The molecule has 1 aromatic carbocycles. The molecule has 0 aromatic heterocycles. The van der Waals surface area contributed by atoms with Crippen LogP contribution >= 0.6 is 12.2 Å². The van der Waals surface area contributed by atoms with Gasteiger partial charge in [-0.2, -0.15) is 0 Å². The van der Waals surface area contributed by atoms with Crippen LogP contribution in [0.15, 0.2) is 30.3 Å². The molecule has 4 heteroatoms. The van der Waals surface area contributed by atoms with E-state index in [0.717, 1.165) is 5.56 Å². The van der Waals surface area contributed by atoms with E-state index in [0.29, 0.717) is 6.54 Å². The van der Waals surface area contributed by atoms with E-state index in [2.05, 4.69) is 5.32 Å². The molecule has 0 aliphatic rings. The van der Waals surface area contributed by atoms with Gasteiger partial charge in [0.25, 0.3) is 0 Å². The summed E-state index contributed by atoms with van der Waals surface area (Å²) >= 11 is 4.86. The second-order valence-electron chi connectivity index (χ2n) is 4.16. The average molecular weight is 236 g/mol. The molecule has 16 heavy (non-hydrogen) atoms. The Hall–Kier alpha value is -1.42. The Kier molecular flexibility index (Phi) is 4.01. The van der Waals surface area contributed by atoms with Gasteiger partial charge in [0.05, 0.1) is 10.4 Å². The molecule has 0 fully saturated rings. The fourth-order valence-corrected chi connectivity index (χ4v) is 1.20. The summed E-state index contributed by atoms with van der Waals surface area (Å²) < 4.78 is 0. The third-order valence-electron chi connectivity index (χ3n) is 2.48. The second kappa shape index (κ2) is 5.07. The second-order valence-corrected chi connectivity index (χ2v) is 4.60. The minimum absolute atomic E-state index is 0.149. The zero-order chi connectivity index (χ0) is 12.2. The number of nitrogens with two attached hydrogens (primary N) is 1. The number of benzene rings is 1. The van der Waals surface area contributed by atoms with Crippen molar-refractivity contribution in [1.82, 2.24) is 5.32 Å². The maximum absolute atomic E-state index is 11.8. The fourth-order valence-electron chi connectivity index (χ4n) is 1.11. The lowest BCUT2D eigenvalue weighted by Crippen LogP contribution is -2.44. The van der Waals surface area contributed by atoms with Gasteiger partial charge < -0.3 is 11.1 Å². The SMILES string of the molecule is CC(C)(C(=O)NCc1ccccc1)C(N)=S. The van der Waals surface area contributed by atoms with Crippen molar-refractivity contribution in [2.45, 2.75) is 20.4 Å². The van der Waals surface area contributed by atoms with Crippen molar-refractivity contribution in [2.24, 2.45) is 11.1 Å². The fraction of sp³-hybridized carbons (Fsp3) is 0.333. The van der Waals surface area contributed by atoms with Gasteiger partial charge in [0.2, 0.25) is 5.91 Å². The predicted octanol–water partition coefficient (Wildman–Crippen LogP) is 1.62. The summed E-state index contributed by atoms with van der Waals surface area (Å²) in [7, 11) is 0. The standard InChI is InChI=1S/C12H16N2OS/c1-12(2,10(13)16)11(15)14-8-9-6-4-3-5-7-9/h3-7H,8H2,1-2H3,(H2,13,16)(H,14,15). The normalized spacial score (nSPS) is 10.9. The summed E-state index contributed by atoms with van der Waals surface area (Å²) in [6, 6.07) is 9.70. The first-order valence-corrected chi connectivity index (χ1v) is 5.47. The quantitative estimate of drug-likeness (QED) is 0.781. The Bertz CT molecular complexity index is 387. The Balaban J connectivity index is 2.57. The summed E-state index contributed by atoms with van der Waals surface area (Å²) in [6.07, 6.45) is 0. The smallest absolute Gasteiger partial charge is 0.232 e. The van der Waals surface area contributed by atoms with E-state index in [9.17, 15) is 4.79 Å². The number of carbonyl (C=O) groups is 1. The average Bonchev–Trinajstić information content (AvgIpc) is 2.27. The van der Waals surface area contributed by atoms with Crippen LogP contribution in [0.1, 0.15) is 19.4 Å². The summed E-state index contributed by atoms with van der Waals surface area (Å²) in [5.74, 6) is -0.149. The molecule has 0 heterocycles. The zero-order valence-electron chi connectivity index (χ0n) is 9.49. The van der Waals surface area contributed by atoms with Crippen LogP contribution < -0.4 is 11.1 Å². The van der Waals surface area contributed by atoms with Gasteiger partial charge in [-0.3, -0.25) is 4.79 Å². The summed E-state index contributed by atoms with van der Waals surface area (Å²) in [4.78, 5) is 12.0. The van der Waals surface area contributed by atoms with Gasteiger partial charge in [-0.05, 0) is 19.4 Å². The first-order valence-electron chi connectivity index (χ1n) is 5.06. The van der Waals surface area contributed by atoms with Crippen LogP contribution in [-0.2, 0) is 11.3 Å². The highest BCUT2D eigenvalue weighted by atomic mass is 32.1. The first-order chi connectivity index (χ1) is 7.44. The number of carbonyl (C=O) groups excluding carboxylic acids is 1. The minimum Gasteiger partial charge on any atom is -0.392 e. The molecule has 3 N–H and O–H groups in total. The van der Waals surface area contributed by atoms with E-state index in [1.54, 1.807) is 13.8 Å². The van der Waals surface area contributed by atoms with E-state index in [4.69, 9.17) is 18.0 Å². The maximum Gasteiger partial charge on any atom is 0.232 e. The van der Waals surface area contributed by atoms with Crippen molar-refractivity contribution in [1.29, 1.82) is 0 Å². The van der Waals surface area contributed by atoms with Crippen molar-refractivity contribution in [2.75, 3.05) is 0 Å².